The van der Waals surface area contributed by atoms with E-state index in [4.69, 9.17) is 14.2 Å². The van der Waals surface area contributed by atoms with Crippen LogP contribution in [0.4, 0.5) is 9.59 Å². The molecule has 212 valence electrons. The number of nitrogens with zero attached hydrogens (tertiary/aromatic N) is 2. The van der Waals surface area contributed by atoms with Gasteiger partial charge in [0.15, 0.2) is 0 Å². The first-order valence-electron chi connectivity index (χ1n) is 13.6. The van der Waals surface area contributed by atoms with E-state index in [2.05, 4.69) is 11.9 Å². The van der Waals surface area contributed by atoms with Crippen LogP contribution >= 0.6 is 0 Å². The molecule has 3 aliphatic rings. The monoisotopic (exact) mass is 541 g/mol. The van der Waals surface area contributed by atoms with Crippen LogP contribution in [0, 0.1) is 5.92 Å². The van der Waals surface area contributed by atoms with Crippen molar-refractivity contribution < 1.29 is 33.4 Å². The normalized spacial score (nSPS) is 21.7. The van der Waals surface area contributed by atoms with Crippen LogP contribution in [0.2, 0.25) is 0 Å². The van der Waals surface area contributed by atoms with Gasteiger partial charge < -0.3 is 24.4 Å². The number of fused-ring (bicyclic) bond motifs is 1. The summed E-state index contributed by atoms with van der Waals surface area (Å²) in [5.74, 6) is -1.06. The molecule has 4 rings (SSSR count). The number of esters is 1. The second kappa shape index (κ2) is 11.7. The lowest BCUT2D eigenvalue weighted by Crippen LogP contribution is -2.55. The highest BCUT2D eigenvalue weighted by molar-refractivity contribution is 5.90. The molecule has 0 unspecified atom stereocenters. The molecule has 2 aliphatic heterocycles. The smallest absolute Gasteiger partial charge is 0.410 e. The zero-order valence-corrected chi connectivity index (χ0v) is 23.2. The first-order chi connectivity index (χ1) is 18.5. The fourth-order valence-electron chi connectivity index (χ4n) is 5.76. The number of alkyl carbamates (subject to hydrolysis) is 1. The number of carbonyl (C=O) groups is 4. The van der Waals surface area contributed by atoms with Gasteiger partial charge in [-0.25, -0.2) is 14.4 Å². The standard InChI is InChI=1S/C29H39N3O7/c1-6-18-12-9-13-20-15-31(17-22(18)20)28(36)38-21-14-23(26(34)37-5)32(16-21)25(33)24(19-10-7-8-11-19)30-27(35)39-29(2,3)4/h6,9,12-13,19,21,23-24H,1,7-8,10-11,14-17H2,2-5H3,(H,30,35)/t21-,23+,24+/m1/s1. The molecule has 1 saturated heterocycles. The van der Waals surface area contributed by atoms with Crippen molar-refractivity contribution in [2.24, 2.45) is 5.92 Å². The summed E-state index contributed by atoms with van der Waals surface area (Å²) < 4.78 is 16.2. The zero-order valence-electron chi connectivity index (χ0n) is 23.2. The highest BCUT2D eigenvalue weighted by atomic mass is 16.6. The number of benzene rings is 1. The number of hydrogen-bond acceptors (Lipinski definition) is 7. The number of hydrogen-bond donors (Lipinski definition) is 1. The molecule has 10 nitrogen and oxygen atoms in total. The minimum Gasteiger partial charge on any atom is -0.467 e. The van der Waals surface area contributed by atoms with Crippen molar-refractivity contribution in [2.45, 2.75) is 89.8 Å². The topological polar surface area (TPSA) is 114 Å². The van der Waals surface area contributed by atoms with Gasteiger partial charge in [-0.15, -0.1) is 0 Å². The largest absolute Gasteiger partial charge is 0.467 e. The van der Waals surface area contributed by atoms with Crippen molar-refractivity contribution in [3.8, 4) is 0 Å². The van der Waals surface area contributed by atoms with Gasteiger partial charge in [0.05, 0.1) is 20.2 Å². The van der Waals surface area contributed by atoms with Crippen LogP contribution in [0.1, 0.15) is 69.6 Å². The van der Waals surface area contributed by atoms with Crippen molar-refractivity contribution in [1.82, 2.24) is 15.1 Å². The summed E-state index contributed by atoms with van der Waals surface area (Å²) in [6, 6.07) is 4.08. The predicted molar refractivity (Wildman–Crippen MR) is 143 cm³/mol. The van der Waals surface area contributed by atoms with Crippen LogP contribution in [0.15, 0.2) is 24.8 Å². The molecule has 1 saturated carbocycles. The van der Waals surface area contributed by atoms with Crippen LogP contribution in [0.3, 0.4) is 0 Å². The Kier molecular flexibility index (Phi) is 8.51. The molecule has 1 N–H and O–H groups in total. The first kappa shape index (κ1) is 28.4. The van der Waals surface area contributed by atoms with E-state index >= 15 is 0 Å². The van der Waals surface area contributed by atoms with Gasteiger partial charge in [0.2, 0.25) is 5.91 Å². The molecule has 0 radical (unpaired) electrons. The van der Waals surface area contributed by atoms with Crippen molar-refractivity contribution in [1.29, 1.82) is 0 Å². The minimum absolute atomic E-state index is 0.0300. The SMILES string of the molecule is C=Cc1cccc2c1CN(C(=O)O[C@@H]1C[C@@H](C(=O)OC)N(C(=O)[C@@H](NC(=O)OC(C)(C)C)C3CCCC3)C1)C2. The summed E-state index contributed by atoms with van der Waals surface area (Å²) in [5, 5.41) is 2.76. The van der Waals surface area contributed by atoms with Gasteiger partial charge in [0.1, 0.15) is 23.8 Å². The van der Waals surface area contributed by atoms with E-state index in [-0.39, 0.29) is 18.9 Å². The van der Waals surface area contributed by atoms with Gasteiger partial charge in [-0.1, -0.05) is 43.7 Å². The van der Waals surface area contributed by atoms with Gasteiger partial charge in [-0.3, -0.25) is 9.69 Å². The van der Waals surface area contributed by atoms with Crippen molar-refractivity contribution in [3.63, 3.8) is 0 Å². The lowest BCUT2D eigenvalue weighted by molar-refractivity contribution is -0.152. The number of rotatable bonds is 6. The third-order valence-electron chi connectivity index (χ3n) is 7.59. The summed E-state index contributed by atoms with van der Waals surface area (Å²) in [6.45, 7) is 9.95. The number of amides is 3. The van der Waals surface area contributed by atoms with E-state index in [0.717, 1.165) is 42.4 Å². The third kappa shape index (κ3) is 6.54. The molecule has 3 amide bonds. The van der Waals surface area contributed by atoms with E-state index in [1.165, 1.54) is 12.0 Å². The Hall–Kier alpha value is -3.56. The molecule has 1 aromatic carbocycles. The maximum absolute atomic E-state index is 13.9. The Balaban J connectivity index is 1.47. The molecule has 0 aromatic heterocycles. The average molecular weight is 542 g/mol. The maximum atomic E-state index is 13.9. The van der Waals surface area contributed by atoms with Gasteiger partial charge in [0.25, 0.3) is 0 Å². The molecule has 0 spiro atoms. The van der Waals surface area contributed by atoms with E-state index in [0.29, 0.717) is 13.1 Å². The van der Waals surface area contributed by atoms with Crippen molar-refractivity contribution >= 4 is 30.1 Å². The summed E-state index contributed by atoms with van der Waals surface area (Å²) in [6.07, 6.45) is 3.47. The zero-order chi connectivity index (χ0) is 28.3. The number of carbonyl (C=O) groups excluding carboxylic acids is 4. The van der Waals surface area contributed by atoms with Crippen molar-refractivity contribution in [3.05, 3.63) is 41.5 Å². The van der Waals surface area contributed by atoms with Crippen LogP contribution in [0.25, 0.3) is 6.08 Å². The third-order valence-corrected chi connectivity index (χ3v) is 7.59. The molecular weight excluding hydrogens is 502 g/mol. The molecule has 39 heavy (non-hydrogen) atoms. The molecule has 2 heterocycles. The molecule has 3 atom stereocenters. The Bertz CT molecular complexity index is 1120. The Labute approximate surface area is 229 Å². The molecule has 0 bridgehead atoms. The van der Waals surface area contributed by atoms with Crippen LogP contribution in [-0.2, 0) is 36.9 Å². The summed E-state index contributed by atoms with van der Waals surface area (Å²) >= 11 is 0. The van der Waals surface area contributed by atoms with E-state index < -0.39 is 47.9 Å². The molecule has 10 heteroatoms. The van der Waals surface area contributed by atoms with Gasteiger partial charge in [0, 0.05) is 13.0 Å². The van der Waals surface area contributed by atoms with E-state index in [1.807, 2.05) is 18.2 Å². The first-order valence-corrected chi connectivity index (χ1v) is 13.6. The highest BCUT2D eigenvalue weighted by Crippen LogP contribution is 2.32. The van der Waals surface area contributed by atoms with Crippen LogP contribution in [0.5, 0.6) is 0 Å². The highest BCUT2D eigenvalue weighted by Gasteiger charge is 2.46. The lowest BCUT2D eigenvalue weighted by Gasteiger charge is -2.31. The lowest BCUT2D eigenvalue weighted by atomic mass is 9.96. The fourth-order valence-corrected chi connectivity index (χ4v) is 5.76. The van der Waals surface area contributed by atoms with E-state index in [1.54, 1.807) is 31.7 Å². The van der Waals surface area contributed by atoms with E-state index in [9.17, 15) is 19.2 Å². The Morgan fingerprint density at radius 3 is 2.49 bits per heavy atom. The minimum atomic E-state index is -0.923. The summed E-state index contributed by atoms with van der Waals surface area (Å²) in [4.78, 5) is 55.3. The second-order valence-electron chi connectivity index (χ2n) is 11.5. The Morgan fingerprint density at radius 1 is 1.13 bits per heavy atom. The number of likely N-dealkylation sites (tertiary alicyclic amines) is 1. The van der Waals surface area contributed by atoms with Crippen LogP contribution < -0.4 is 5.32 Å². The predicted octanol–water partition coefficient (Wildman–Crippen LogP) is 4.01. The average Bonchev–Trinajstić information content (AvgIpc) is 3.64. The Morgan fingerprint density at radius 2 is 1.85 bits per heavy atom. The molecule has 2 fully saturated rings. The summed E-state index contributed by atoms with van der Waals surface area (Å²) in [7, 11) is 1.26. The fraction of sp³-hybridized carbons (Fsp3) is 0.586. The number of nitrogens with one attached hydrogen (secondary N) is 1. The van der Waals surface area contributed by atoms with Crippen molar-refractivity contribution in [2.75, 3.05) is 13.7 Å². The quantitative estimate of drug-likeness (QED) is 0.428. The number of methoxy groups -OCH3 is 1. The molecule has 1 aromatic rings. The van der Waals surface area contributed by atoms with Gasteiger partial charge in [-0.05, 0) is 56.2 Å². The van der Waals surface area contributed by atoms with Gasteiger partial charge >= 0.3 is 18.2 Å². The summed E-state index contributed by atoms with van der Waals surface area (Å²) in [5.41, 5.74) is 2.32. The van der Waals surface area contributed by atoms with Gasteiger partial charge in [-0.2, -0.15) is 0 Å². The second-order valence-corrected chi connectivity index (χ2v) is 11.5. The molecular formula is C29H39N3O7. The molecule has 1 aliphatic carbocycles. The van der Waals surface area contributed by atoms with Crippen LogP contribution in [-0.4, -0.2) is 71.3 Å². The number of ether oxygens (including phenoxy) is 3. The maximum Gasteiger partial charge on any atom is 0.410 e.